The van der Waals surface area contributed by atoms with Gasteiger partial charge in [0, 0.05) is 39.1 Å². The number of nitrogens with zero attached hydrogens (tertiary/aromatic N) is 1. The van der Waals surface area contributed by atoms with E-state index in [9.17, 15) is 9.59 Å². The second-order valence-corrected chi connectivity index (χ2v) is 5.97. The Morgan fingerprint density at radius 3 is 2.87 bits per heavy atom. The second kappa shape index (κ2) is 7.57. The summed E-state index contributed by atoms with van der Waals surface area (Å²) in [5.41, 5.74) is 2.13. The molecule has 2 fully saturated rings. The van der Waals surface area contributed by atoms with Gasteiger partial charge >= 0.3 is 0 Å². The van der Waals surface area contributed by atoms with E-state index in [2.05, 4.69) is 10.6 Å². The van der Waals surface area contributed by atoms with E-state index in [-0.39, 0.29) is 11.8 Å². The van der Waals surface area contributed by atoms with Crippen molar-refractivity contribution >= 4 is 11.8 Å². The van der Waals surface area contributed by atoms with Crippen molar-refractivity contribution < 1.29 is 14.3 Å². The van der Waals surface area contributed by atoms with Crippen LogP contribution in [0.2, 0.25) is 0 Å². The molecule has 0 unspecified atom stereocenters. The molecule has 0 bridgehead atoms. The molecule has 0 radical (unpaired) electrons. The number of likely N-dealkylation sites (tertiary alicyclic amines) is 1. The summed E-state index contributed by atoms with van der Waals surface area (Å²) >= 11 is 0. The summed E-state index contributed by atoms with van der Waals surface area (Å²) < 4.78 is 5.45. The monoisotopic (exact) mass is 317 g/mol. The molecule has 1 atom stereocenters. The van der Waals surface area contributed by atoms with Crippen molar-refractivity contribution in [2.75, 3.05) is 26.2 Å². The summed E-state index contributed by atoms with van der Waals surface area (Å²) in [7, 11) is 0. The fourth-order valence-electron chi connectivity index (χ4n) is 2.99. The predicted molar refractivity (Wildman–Crippen MR) is 85.5 cm³/mol. The van der Waals surface area contributed by atoms with E-state index < -0.39 is 6.10 Å². The Bertz CT molecular complexity index is 570. The molecule has 2 aliphatic rings. The largest absolute Gasteiger partial charge is 0.366 e. The number of morpholine rings is 1. The maximum Gasteiger partial charge on any atom is 0.250 e. The van der Waals surface area contributed by atoms with Gasteiger partial charge in [-0.15, -0.1) is 0 Å². The molecule has 6 nitrogen and oxygen atoms in total. The third-order valence-electron chi connectivity index (χ3n) is 4.32. The Hall–Kier alpha value is -1.92. The number of carbonyl (C=O) groups excluding carboxylic acids is 2. The molecule has 2 amide bonds. The maximum absolute atomic E-state index is 12.1. The summed E-state index contributed by atoms with van der Waals surface area (Å²) in [6.45, 7) is 3.79. The number of hydrogen-bond acceptors (Lipinski definition) is 4. The van der Waals surface area contributed by atoms with Crippen LogP contribution < -0.4 is 10.6 Å². The van der Waals surface area contributed by atoms with Crippen molar-refractivity contribution in [2.24, 2.45) is 0 Å². The van der Waals surface area contributed by atoms with Gasteiger partial charge in [-0.2, -0.15) is 0 Å². The average molecular weight is 317 g/mol. The second-order valence-electron chi connectivity index (χ2n) is 5.97. The van der Waals surface area contributed by atoms with Gasteiger partial charge in [0.25, 0.3) is 5.91 Å². The molecule has 23 heavy (non-hydrogen) atoms. The van der Waals surface area contributed by atoms with Crippen LogP contribution in [-0.4, -0.2) is 49.1 Å². The lowest BCUT2D eigenvalue weighted by molar-refractivity contribution is -0.134. The number of amides is 2. The molecule has 2 aliphatic heterocycles. The predicted octanol–water partition coefficient (Wildman–Crippen LogP) is 0.414. The summed E-state index contributed by atoms with van der Waals surface area (Å²) in [6, 6.07) is 7.94. The highest BCUT2D eigenvalue weighted by Crippen LogP contribution is 2.17. The number of benzene rings is 1. The smallest absolute Gasteiger partial charge is 0.250 e. The van der Waals surface area contributed by atoms with E-state index in [4.69, 9.17) is 4.74 Å². The molecule has 2 N–H and O–H groups in total. The molecular formula is C17H23N3O3. The van der Waals surface area contributed by atoms with Crippen molar-refractivity contribution in [3.05, 3.63) is 35.4 Å². The molecular weight excluding hydrogens is 294 g/mol. The topological polar surface area (TPSA) is 70.7 Å². The third kappa shape index (κ3) is 4.09. The van der Waals surface area contributed by atoms with E-state index in [1.54, 1.807) is 0 Å². The summed E-state index contributed by atoms with van der Waals surface area (Å²) in [5, 5.41) is 6.09. The fraction of sp³-hybridized carbons (Fsp3) is 0.529. The lowest BCUT2D eigenvalue weighted by Crippen LogP contribution is -2.47. The summed E-state index contributed by atoms with van der Waals surface area (Å²) in [4.78, 5) is 25.8. The van der Waals surface area contributed by atoms with Gasteiger partial charge in [0.05, 0.1) is 6.61 Å². The summed E-state index contributed by atoms with van der Waals surface area (Å²) in [6.07, 6.45) is 1.16. The van der Waals surface area contributed by atoms with Crippen LogP contribution in [0.5, 0.6) is 0 Å². The number of carbonyl (C=O) groups is 2. The maximum atomic E-state index is 12.1. The molecule has 0 spiro atoms. The van der Waals surface area contributed by atoms with Crippen molar-refractivity contribution in [3.8, 4) is 0 Å². The van der Waals surface area contributed by atoms with Crippen molar-refractivity contribution in [1.82, 2.24) is 15.5 Å². The minimum atomic E-state index is -0.420. The first-order chi connectivity index (χ1) is 11.2. The number of nitrogens with one attached hydrogen (secondary N) is 2. The molecule has 2 saturated heterocycles. The lowest BCUT2D eigenvalue weighted by Gasteiger charge is -2.23. The first-order valence-corrected chi connectivity index (χ1v) is 8.18. The average Bonchev–Trinajstić information content (AvgIpc) is 2.99. The molecule has 3 rings (SSSR count). The first-order valence-electron chi connectivity index (χ1n) is 8.18. The standard InChI is InChI=1S/C17H23N3O3/c21-16-6-3-8-20(16)12-14-5-2-1-4-13(14)10-19-17(22)15-11-18-7-9-23-15/h1-2,4-5,15,18H,3,6-12H2,(H,19,22)/t15-/m0/s1. The number of hydrogen-bond donors (Lipinski definition) is 2. The van der Waals surface area contributed by atoms with E-state index in [1.165, 1.54) is 0 Å². The van der Waals surface area contributed by atoms with Gasteiger partial charge in [0.1, 0.15) is 6.10 Å². The van der Waals surface area contributed by atoms with E-state index >= 15 is 0 Å². The molecule has 1 aromatic rings. The lowest BCUT2D eigenvalue weighted by atomic mass is 10.1. The minimum absolute atomic E-state index is 0.0933. The minimum Gasteiger partial charge on any atom is -0.366 e. The molecule has 0 aromatic heterocycles. The van der Waals surface area contributed by atoms with Crippen LogP contribution in [0.15, 0.2) is 24.3 Å². The highest BCUT2D eigenvalue weighted by molar-refractivity contribution is 5.81. The summed E-state index contributed by atoms with van der Waals surface area (Å²) in [5.74, 6) is 0.120. The number of ether oxygens (including phenoxy) is 1. The van der Waals surface area contributed by atoms with Gasteiger partial charge in [0.15, 0.2) is 0 Å². The zero-order valence-corrected chi connectivity index (χ0v) is 13.2. The Labute approximate surface area is 136 Å². The van der Waals surface area contributed by atoms with Crippen LogP contribution in [0.1, 0.15) is 24.0 Å². The third-order valence-corrected chi connectivity index (χ3v) is 4.32. The normalized spacial score (nSPS) is 21.5. The molecule has 0 saturated carbocycles. The van der Waals surface area contributed by atoms with Gasteiger partial charge in [0.2, 0.25) is 5.91 Å². The Morgan fingerprint density at radius 2 is 2.17 bits per heavy atom. The zero-order valence-electron chi connectivity index (χ0n) is 13.2. The van der Waals surface area contributed by atoms with Crippen LogP contribution in [0.4, 0.5) is 0 Å². The van der Waals surface area contributed by atoms with Crippen LogP contribution in [0.25, 0.3) is 0 Å². The van der Waals surface area contributed by atoms with Crippen LogP contribution in [-0.2, 0) is 27.4 Å². The molecule has 2 heterocycles. The first kappa shape index (κ1) is 16.0. The van der Waals surface area contributed by atoms with Gasteiger partial charge in [-0.3, -0.25) is 9.59 Å². The van der Waals surface area contributed by atoms with E-state index in [0.29, 0.717) is 32.7 Å². The van der Waals surface area contributed by atoms with Gasteiger partial charge in [-0.1, -0.05) is 24.3 Å². The molecule has 0 aliphatic carbocycles. The van der Waals surface area contributed by atoms with E-state index in [0.717, 1.165) is 30.6 Å². The Morgan fingerprint density at radius 1 is 1.35 bits per heavy atom. The van der Waals surface area contributed by atoms with Crippen LogP contribution in [0.3, 0.4) is 0 Å². The van der Waals surface area contributed by atoms with Crippen molar-refractivity contribution in [2.45, 2.75) is 32.0 Å². The highest BCUT2D eigenvalue weighted by atomic mass is 16.5. The van der Waals surface area contributed by atoms with Crippen LogP contribution in [0, 0.1) is 0 Å². The van der Waals surface area contributed by atoms with Gasteiger partial charge < -0.3 is 20.3 Å². The SMILES string of the molecule is O=C(NCc1ccccc1CN1CCCC1=O)[C@@H]1CNCCO1. The van der Waals surface area contributed by atoms with E-state index in [1.807, 2.05) is 29.2 Å². The Kier molecular flexibility index (Phi) is 5.25. The van der Waals surface area contributed by atoms with Crippen molar-refractivity contribution in [3.63, 3.8) is 0 Å². The zero-order chi connectivity index (χ0) is 16.1. The van der Waals surface area contributed by atoms with Gasteiger partial charge in [-0.25, -0.2) is 0 Å². The van der Waals surface area contributed by atoms with Crippen molar-refractivity contribution in [1.29, 1.82) is 0 Å². The molecule has 124 valence electrons. The van der Waals surface area contributed by atoms with Crippen LogP contribution >= 0.6 is 0 Å². The fourth-order valence-corrected chi connectivity index (χ4v) is 2.99. The molecule has 6 heteroatoms. The van der Waals surface area contributed by atoms with Gasteiger partial charge in [-0.05, 0) is 17.5 Å². The quantitative estimate of drug-likeness (QED) is 0.825. The highest BCUT2D eigenvalue weighted by Gasteiger charge is 2.23. The molecule has 1 aromatic carbocycles. The Balaban J connectivity index is 1.59. The number of rotatable bonds is 5.